The molecule has 1 aliphatic carbocycles. The highest BCUT2D eigenvalue weighted by Crippen LogP contribution is 2.47. The van der Waals surface area contributed by atoms with Gasteiger partial charge in [-0.1, -0.05) is 29.8 Å². The van der Waals surface area contributed by atoms with Crippen LogP contribution in [0.3, 0.4) is 0 Å². The maximum Gasteiger partial charge on any atom is 0.287 e. The molecule has 1 amide bonds. The molecule has 0 bridgehead atoms. The number of rotatable bonds is 3. The number of fused-ring (bicyclic) bond motifs is 3. The smallest absolute Gasteiger partial charge is 0.287 e. The molecule has 0 fully saturated rings. The van der Waals surface area contributed by atoms with Gasteiger partial charge in [0.15, 0.2) is 5.76 Å². The minimum absolute atomic E-state index is 0.142. The Balaban J connectivity index is 1.55. The zero-order chi connectivity index (χ0) is 17.6. The number of furan rings is 1. The molecule has 2 aromatic rings. The van der Waals surface area contributed by atoms with Crippen LogP contribution >= 0.6 is 11.8 Å². The van der Waals surface area contributed by atoms with Crippen molar-refractivity contribution < 1.29 is 9.21 Å². The molecule has 2 heterocycles. The highest BCUT2D eigenvalue weighted by atomic mass is 32.2. The zero-order valence-electron chi connectivity index (χ0n) is 14.8. The summed E-state index contributed by atoms with van der Waals surface area (Å²) >= 11 is 1.86. The first-order chi connectivity index (χ1) is 12.0. The van der Waals surface area contributed by atoms with Gasteiger partial charge in [0.05, 0.1) is 11.1 Å². The van der Waals surface area contributed by atoms with Crippen molar-refractivity contribution in [2.45, 2.75) is 51.4 Å². The quantitative estimate of drug-likeness (QED) is 0.892. The van der Waals surface area contributed by atoms with Crippen molar-refractivity contribution in [2.75, 3.05) is 0 Å². The standard InChI is InChI=1S/C20H22N2O2S/c1-11-5-4-6-14(9-11)10-21-20(23)19-12(2)17-15(24-19)7-8-16-18(17)22-13(3)25-16/h4-6,9,16,18H,7-8,10H2,1-3H3,(H,21,23)/t16-,18-/m0/s1. The number of carbonyl (C=O) groups is 1. The van der Waals surface area contributed by atoms with Crippen molar-refractivity contribution in [3.8, 4) is 0 Å². The topological polar surface area (TPSA) is 54.6 Å². The fourth-order valence-electron chi connectivity index (χ4n) is 3.79. The molecule has 0 radical (unpaired) electrons. The average Bonchev–Trinajstić information content (AvgIpc) is 3.12. The van der Waals surface area contributed by atoms with E-state index in [2.05, 4.69) is 31.3 Å². The van der Waals surface area contributed by atoms with E-state index in [1.165, 1.54) is 5.56 Å². The van der Waals surface area contributed by atoms with Crippen LogP contribution in [0, 0.1) is 13.8 Å². The number of hydrogen-bond donors (Lipinski definition) is 1. The molecule has 0 saturated heterocycles. The number of benzene rings is 1. The van der Waals surface area contributed by atoms with Crippen LogP contribution in [-0.2, 0) is 13.0 Å². The van der Waals surface area contributed by atoms with Crippen LogP contribution in [0.5, 0.6) is 0 Å². The first-order valence-electron chi connectivity index (χ1n) is 8.70. The van der Waals surface area contributed by atoms with Gasteiger partial charge in [-0.05, 0) is 32.8 Å². The number of aryl methyl sites for hydroxylation is 2. The summed E-state index contributed by atoms with van der Waals surface area (Å²) in [6, 6.07) is 8.31. The number of amides is 1. The maximum atomic E-state index is 12.7. The van der Waals surface area contributed by atoms with Crippen molar-refractivity contribution >= 4 is 22.7 Å². The summed E-state index contributed by atoms with van der Waals surface area (Å²) in [5.41, 5.74) is 4.37. The van der Waals surface area contributed by atoms with Crippen LogP contribution in [0.4, 0.5) is 0 Å². The van der Waals surface area contributed by atoms with Crippen molar-refractivity contribution in [3.05, 3.63) is 58.0 Å². The fraction of sp³-hybridized carbons (Fsp3) is 0.400. The van der Waals surface area contributed by atoms with E-state index in [9.17, 15) is 4.79 Å². The van der Waals surface area contributed by atoms with Crippen LogP contribution in [0.25, 0.3) is 0 Å². The lowest BCUT2D eigenvalue weighted by Gasteiger charge is -2.22. The van der Waals surface area contributed by atoms with E-state index in [0.717, 1.165) is 40.3 Å². The van der Waals surface area contributed by atoms with Gasteiger partial charge in [0.2, 0.25) is 0 Å². The highest BCUT2D eigenvalue weighted by Gasteiger charge is 2.39. The second kappa shape index (κ2) is 6.37. The van der Waals surface area contributed by atoms with Crippen LogP contribution < -0.4 is 5.32 Å². The first-order valence-corrected chi connectivity index (χ1v) is 9.58. The van der Waals surface area contributed by atoms with Gasteiger partial charge < -0.3 is 9.73 Å². The molecule has 25 heavy (non-hydrogen) atoms. The summed E-state index contributed by atoms with van der Waals surface area (Å²) in [5.74, 6) is 1.25. The van der Waals surface area contributed by atoms with Gasteiger partial charge >= 0.3 is 0 Å². The number of carbonyl (C=O) groups excluding carboxylic acids is 1. The predicted molar refractivity (Wildman–Crippen MR) is 101 cm³/mol. The Kier molecular flexibility index (Phi) is 4.20. The van der Waals surface area contributed by atoms with E-state index < -0.39 is 0 Å². The largest absolute Gasteiger partial charge is 0.455 e. The molecule has 4 nitrogen and oxygen atoms in total. The van der Waals surface area contributed by atoms with Crippen LogP contribution in [-0.4, -0.2) is 16.2 Å². The van der Waals surface area contributed by atoms with Gasteiger partial charge in [-0.3, -0.25) is 9.79 Å². The molecule has 0 unspecified atom stereocenters. The molecule has 0 saturated carbocycles. The average molecular weight is 354 g/mol. The van der Waals surface area contributed by atoms with E-state index in [4.69, 9.17) is 9.41 Å². The molecular weight excluding hydrogens is 332 g/mol. The molecule has 1 aromatic heterocycles. The van der Waals surface area contributed by atoms with Crippen molar-refractivity contribution in [1.82, 2.24) is 5.32 Å². The molecule has 5 heteroatoms. The lowest BCUT2D eigenvalue weighted by atomic mass is 9.90. The van der Waals surface area contributed by atoms with E-state index >= 15 is 0 Å². The SMILES string of the molecule is CC1=N[C@@H]2c3c(oc(C(=O)NCc4cccc(C)c4)c3C)CC[C@@H]2S1. The number of aliphatic imine (C=N–C) groups is 1. The van der Waals surface area contributed by atoms with Crippen molar-refractivity contribution in [3.63, 3.8) is 0 Å². The summed E-state index contributed by atoms with van der Waals surface area (Å²) in [5, 5.41) is 4.61. The summed E-state index contributed by atoms with van der Waals surface area (Å²) in [6.07, 6.45) is 1.94. The third-order valence-electron chi connectivity index (χ3n) is 4.96. The monoisotopic (exact) mass is 354 g/mol. The van der Waals surface area contributed by atoms with E-state index in [1.54, 1.807) is 0 Å². The molecular formula is C20H22N2O2S. The highest BCUT2D eigenvalue weighted by molar-refractivity contribution is 8.14. The molecule has 4 rings (SSSR count). The second-order valence-corrected chi connectivity index (χ2v) is 8.28. The Bertz CT molecular complexity index is 869. The molecule has 1 N–H and O–H groups in total. The number of hydrogen-bond acceptors (Lipinski definition) is 4. The van der Waals surface area contributed by atoms with Crippen LogP contribution in [0.1, 0.15) is 58.0 Å². The number of nitrogens with one attached hydrogen (secondary N) is 1. The molecule has 1 aliphatic heterocycles. The normalized spacial score (nSPS) is 21.5. The second-order valence-electron chi connectivity index (χ2n) is 6.85. The lowest BCUT2D eigenvalue weighted by Crippen LogP contribution is -2.23. The van der Waals surface area contributed by atoms with Gasteiger partial charge in [0.25, 0.3) is 5.91 Å². The Morgan fingerprint density at radius 3 is 3.00 bits per heavy atom. The van der Waals surface area contributed by atoms with Gasteiger partial charge in [-0.2, -0.15) is 0 Å². The summed E-state index contributed by atoms with van der Waals surface area (Å²) in [4.78, 5) is 17.4. The van der Waals surface area contributed by atoms with E-state index in [0.29, 0.717) is 17.6 Å². The van der Waals surface area contributed by atoms with Crippen molar-refractivity contribution in [1.29, 1.82) is 0 Å². The van der Waals surface area contributed by atoms with Crippen molar-refractivity contribution in [2.24, 2.45) is 4.99 Å². The molecule has 0 spiro atoms. The summed E-state index contributed by atoms with van der Waals surface area (Å²) in [7, 11) is 0. The molecule has 2 aliphatic rings. The van der Waals surface area contributed by atoms with E-state index in [1.807, 2.05) is 30.8 Å². The van der Waals surface area contributed by atoms with E-state index in [-0.39, 0.29) is 11.9 Å². The lowest BCUT2D eigenvalue weighted by molar-refractivity contribution is 0.0920. The molecule has 130 valence electrons. The third kappa shape index (κ3) is 3.01. The van der Waals surface area contributed by atoms with Crippen LogP contribution in [0.15, 0.2) is 33.7 Å². The number of thioether (sulfide) groups is 1. The molecule has 1 aromatic carbocycles. The predicted octanol–water partition coefficient (Wildman–Crippen LogP) is 4.35. The van der Waals surface area contributed by atoms with Crippen LogP contribution in [0.2, 0.25) is 0 Å². The Labute approximate surface area is 152 Å². The Morgan fingerprint density at radius 2 is 2.20 bits per heavy atom. The van der Waals surface area contributed by atoms with Gasteiger partial charge in [0.1, 0.15) is 5.76 Å². The van der Waals surface area contributed by atoms with Gasteiger partial charge in [-0.15, -0.1) is 11.8 Å². The maximum absolute atomic E-state index is 12.7. The zero-order valence-corrected chi connectivity index (χ0v) is 15.6. The minimum Gasteiger partial charge on any atom is -0.455 e. The minimum atomic E-state index is -0.142. The first kappa shape index (κ1) is 16.5. The summed E-state index contributed by atoms with van der Waals surface area (Å²) < 4.78 is 5.96. The van der Waals surface area contributed by atoms with Gasteiger partial charge in [-0.25, -0.2) is 0 Å². The Morgan fingerprint density at radius 1 is 1.36 bits per heavy atom. The summed E-state index contributed by atoms with van der Waals surface area (Å²) in [6.45, 7) is 6.60. The Hall–Kier alpha value is -2.01. The molecule has 2 atom stereocenters. The number of nitrogens with zero attached hydrogens (tertiary/aromatic N) is 1. The fourth-order valence-corrected chi connectivity index (χ4v) is 4.97. The van der Waals surface area contributed by atoms with Gasteiger partial charge in [0, 0.05) is 29.3 Å². The third-order valence-corrected chi connectivity index (χ3v) is 6.20.